The number of fused-ring (bicyclic) bond motifs is 1. The molecule has 0 saturated heterocycles. The minimum Gasteiger partial charge on any atom is -0.495 e. The maximum atomic E-state index is 12.6. The highest BCUT2D eigenvalue weighted by molar-refractivity contribution is 7.89. The number of rotatable bonds is 6. The fourth-order valence-electron chi connectivity index (χ4n) is 3.06. The molecule has 0 bridgehead atoms. The van der Waals surface area contributed by atoms with Crippen LogP contribution in [-0.2, 0) is 21.2 Å². The van der Waals surface area contributed by atoms with Crippen molar-refractivity contribution < 1.29 is 22.4 Å². The number of amides is 1. The van der Waals surface area contributed by atoms with Crippen LogP contribution in [0.25, 0.3) is 11.0 Å². The van der Waals surface area contributed by atoms with Crippen LogP contribution in [0, 0.1) is 13.8 Å². The second-order valence-electron chi connectivity index (χ2n) is 7.02. The highest BCUT2D eigenvalue weighted by Gasteiger charge is 2.23. The molecule has 1 aromatic heterocycles. The molecule has 0 saturated carbocycles. The van der Waals surface area contributed by atoms with E-state index in [1.54, 1.807) is 12.3 Å². The zero-order valence-electron chi connectivity index (χ0n) is 17.1. The first kappa shape index (κ1) is 20.9. The fourth-order valence-corrected chi connectivity index (χ4v) is 4.13. The molecule has 154 valence electrons. The molecular formula is C21H24N2O5S. The zero-order valence-corrected chi connectivity index (χ0v) is 17.9. The number of carbonyl (C=O) groups excluding carboxylic acids is 1. The quantitative estimate of drug-likeness (QED) is 0.664. The van der Waals surface area contributed by atoms with Gasteiger partial charge >= 0.3 is 0 Å². The summed E-state index contributed by atoms with van der Waals surface area (Å²) in [7, 11) is 0.552. The molecule has 7 nitrogen and oxygen atoms in total. The third-order valence-electron chi connectivity index (χ3n) is 4.90. The van der Waals surface area contributed by atoms with Crippen molar-refractivity contribution in [2.75, 3.05) is 26.5 Å². The van der Waals surface area contributed by atoms with Crippen LogP contribution in [0.1, 0.15) is 16.7 Å². The number of anilines is 1. The van der Waals surface area contributed by atoms with E-state index in [-0.39, 0.29) is 23.0 Å². The molecule has 0 spiro atoms. The Kier molecular flexibility index (Phi) is 5.68. The summed E-state index contributed by atoms with van der Waals surface area (Å²) in [5, 5.41) is 3.65. The zero-order chi connectivity index (χ0) is 21.3. The summed E-state index contributed by atoms with van der Waals surface area (Å²) < 4.78 is 37.0. The van der Waals surface area contributed by atoms with E-state index < -0.39 is 10.0 Å². The lowest BCUT2D eigenvalue weighted by Gasteiger charge is -2.16. The molecule has 0 radical (unpaired) electrons. The van der Waals surface area contributed by atoms with Crippen LogP contribution in [-0.4, -0.2) is 39.8 Å². The molecule has 1 amide bonds. The number of carbonyl (C=O) groups is 1. The minimum absolute atomic E-state index is 0.0114. The summed E-state index contributed by atoms with van der Waals surface area (Å²) in [5.74, 6) is -0.0623. The van der Waals surface area contributed by atoms with Gasteiger partial charge in [-0.1, -0.05) is 12.1 Å². The standard InChI is InChI=1S/C21H24N2O5S/c1-13-6-8-17-15(12-28-21(17)14(13)2)10-20(24)22-16-7-9-18(27-5)19(11-16)29(25,26)23(3)4/h6-9,11-12H,10H2,1-5H3,(H,22,24). The average molecular weight is 416 g/mol. The number of benzene rings is 2. The van der Waals surface area contributed by atoms with Crippen molar-refractivity contribution in [2.45, 2.75) is 25.2 Å². The number of methoxy groups -OCH3 is 1. The van der Waals surface area contributed by atoms with Crippen molar-refractivity contribution in [3.8, 4) is 5.75 Å². The highest BCUT2D eigenvalue weighted by atomic mass is 32.2. The van der Waals surface area contributed by atoms with Crippen LogP contribution < -0.4 is 10.1 Å². The topological polar surface area (TPSA) is 88.8 Å². The van der Waals surface area contributed by atoms with Gasteiger partial charge in [-0.2, -0.15) is 0 Å². The smallest absolute Gasteiger partial charge is 0.246 e. The van der Waals surface area contributed by atoms with Crippen LogP contribution in [0.2, 0.25) is 0 Å². The van der Waals surface area contributed by atoms with Crippen LogP contribution in [0.3, 0.4) is 0 Å². The van der Waals surface area contributed by atoms with E-state index in [1.807, 2.05) is 26.0 Å². The lowest BCUT2D eigenvalue weighted by Crippen LogP contribution is -2.23. The van der Waals surface area contributed by atoms with Crippen molar-refractivity contribution >= 4 is 32.6 Å². The fraction of sp³-hybridized carbons (Fsp3) is 0.286. The van der Waals surface area contributed by atoms with Gasteiger partial charge in [0.25, 0.3) is 0 Å². The Morgan fingerprint density at radius 1 is 1.17 bits per heavy atom. The van der Waals surface area contributed by atoms with E-state index in [4.69, 9.17) is 9.15 Å². The number of sulfonamides is 1. The molecule has 3 aromatic rings. The average Bonchev–Trinajstić information content (AvgIpc) is 3.07. The Morgan fingerprint density at radius 2 is 1.90 bits per heavy atom. The predicted molar refractivity (Wildman–Crippen MR) is 112 cm³/mol. The molecule has 1 N–H and O–H groups in total. The molecule has 0 atom stereocenters. The van der Waals surface area contributed by atoms with Crippen LogP contribution in [0.15, 0.2) is 45.9 Å². The molecule has 3 rings (SSSR count). The SMILES string of the molecule is COc1ccc(NC(=O)Cc2coc3c(C)c(C)ccc23)cc1S(=O)(=O)N(C)C. The number of nitrogens with one attached hydrogen (secondary N) is 1. The van der Waals surface area contributed by atoms with Gasteiger partial charge in [0.05, 0.1) is 19.8 Å². The first-order chi connectivity index (χ1) is 13.6. The van der Waals surface area contributed by atoms with E-state index in [9.17, 15) is 13.2 Å². The van der Waals surface area contributed by atoms with Crippen molar-refractivity contribution in [1.82, 2.24) is 4.31 Å². The second-order valence-corrected chi connectivity index (χ2v) is 9.14. The molecule has 8 heteroatoms. The molecule has 0 aliphatic carbocycles. The molecule has 2 aromatic carbocycles. The Hall–Kier alpha value is -2.84. The number of hydrogen-bond acceptors (Lipinski definition) is 5. The molecule has 0 aliphatic rings. The number of furan rings is 1. The van der Waals surface area contributed by atoms with E-state index in [0.717, 1.165) is 32.0 Å². The summed E-state index contributed by atoms with van der Waals surface area (Å²) in [4.78, 5) is 12.6. The van der Waals surface area contributed by atoms with Gasteiger partial charge in [-0.05, 0) is 43.2 Å². The normalized spacial score (nSPS) is 11.8. The van der Waals surface area contributed by atoms with Gasteiger partial charge < -0.3 is 14.5 Å². The third-order valence-corrected chi connectivity index (χ3v) is 6.74. The van der Waals surface area contributed by atoms with Crippen LogP contribution in [0.5, 0.6) is 5.75 Å². The first-order valence-corrected chi connectivity index (χ1v) is 10.5. The van der Waals surface area contributed by atoms with Crippen molar-refractivity contribution in [2.24, 2.45) is 0 Å². The van der Waals surface area contributed by atoms with Gasteiger partial charge in [-0.25, -0.2) is 12.7 Å². The lowest BCUT2D eigenvalue weighted by molar-refractivity contribution is -0.115. The van der Waals surface area contributed by atoms with Gasteiger partial charge in [0.15, 0.2) is 0 Å². The highest BCUT2D eigenvalue weighted by Crippen LogP contribution is 2.30. The minimum atomic E-state index is -3.72. The first-order valence-electron chi connectivity index (χ1n) is 9.02. The summed E-state index contributed by atoms with van der Waals surface area (Å²) in [6, 6.07) is 8.46. The van der Waals surface area contributed by atoms with Gasteiger partial charge in [-0.3, -0.25) is 4.79 Å². The number of nitrogens with zero attached hydrogens (tertiary/aromatic N) is 1. The summed E-state index contributed by atoms with van der Waals surface area (Å²) in [6.07, 6.45) is 1.70. The molecule has 0 aliphatic heterocycles. The monoisotopic (exact) mass is 416 g/mol. The number of hydrogen-bond donors (Lipinski definition) is 1. The Balaban J connectivity index is 1.86. The van der Waals surface area contributed by atoms with E-state index in [0.29, 0.717) is 5.69 Å². The summed E-state index contributed by atoms with van der Waals surface area (Å²) in [6.45, 7) is 3.99. The number of ether oxygens (including phenoxy) is 1. The second kappa shape index (κ2) is 7.88. The Labute approximate surface area is 170 Å². The molecule has 0 fully saturated rings. The maximum Gasteiger partial charge on any atom is 0.246 e. The molecule has 29 heavy (non-hydrogen) atoms. The number of aryl methyl sites for hydroxylation is 2. The summed E-state index contributed by atoms with van der Waals surface area (Å²) in [5.41, 5.74) is 4.08. The maximum absolute atomic E-state index is 12.6. The lowest BCUT2D eigenvalue weighted by atomic mass is 10.0. The van der Waals surface area contributed by atoms with Gasteiger partial charge in [0.1, 0.15) is 16.2 Å². The largest absolute Gasteiger partial charge is 0.495 e. The van der Waals surface area contributed by atoms with Crippen molar-refractivity contribution in [1.29, 1.82) is 0 Å². The summed E-state index contributed by atoms with van der Waals surface area (Å²) >= 11 is 0. The van der Waals surface area contributed by atoms with Gasteiger partial charge in [-0.15, -0.1) is 0 Å². The van der Waals surface area contributed by atoms with Gasteiger partial charge in [0, 0.05) is 30.7 Å². The molecule has 1 heterocycles. The molecule has 0 unspecified atom stereocenters. The predicted octanol–water partition coefficient (Wildman–Crippen LogP) is 3.49. The van der Waals surface area contributed by atoms with E-state index >= 15 is 0 Å². The Bertz CT molecular complexity index is 1180. The van der Waals surface area contributed by atoms with Crippen molar-refractivity contribution in [3.05, 3.63) is 53.3 Å². The van der Waals surface area contributed by atoms with Crippen LogP contribution in [0.4, 0.5) is 5.69 Å². The third kappa shape index (κ3) is 3.99. The van der Waals surface area contributed by atoms with Crippen LogP contribution >= 0.6 is 0 Å². The van der Waals surface area contributed by atoms with E-state index in [1.165, 1.54) is 33.3 Å². The van der Waals surface area contributed by atoms with Gasteiger partial charge in [0.2, 0.25) is 15.9 Å². The van der Waals surface area contributed by atoms with E-state index in [2.05, 4.69) is 5.32 Å². The molecular weight excluding hydrogens is 392 g/mol. The van der Waals surface area contributed by atoms with Crippen molar-refractivity contribution in [3.63, 3.8) is 0 Å². The Morgan fingerprint density at radius 3 is 2.55 bits per heavy atom.